The van der Waals surface area contributed by atoms with E-state index in [0.717, 1.165) is 12.8 Å². The topological polar surface area (TPSA) is 108 Å². The molecule has 1 fully saturated rings. The monoisotopic (exact) mass is 442 g/mol. The van der Waals surface area contributed by atoms with Gasteiger partial charge >= 0.3 is 0 Å². The summed E-state index contributed by atoms with van der Waals surface area (Å²) in [5.74, 6) is 0.826. The van der Waals surface area contributed by atoms with Crippen molar-refractivity contribution >= 4 is 39.9 Å². The Balaban J connectivity index is 1.65. The lowest BCUT2D eigenvalue weighted by atomic mass is 10.1. The lowest BCUT2D eigenvalue weighted by Gasteiger charge is -2.30. The number of anilines is 2. The van der Waals surface area contributed by atoms with E-state index in [0.29, 0.717) is 34.7 Å². The van der Waals surface area contributed by atoms with Crippen molar-refractivity contribution in [1.29, 1.82) is 0 Å². The number of nitrogens with zero attached hydrogens (tertiary/aromatic N) is 3. The highest BCUT2D eigenvalue weighted by molar-refractivity contribution is 6.32. The number of ether oxygens (including phenoxy) is 1. The molecule has 0 spiro atoms. The molecule has 1 aromatic heterocycles. The molecule has 0 aliphatic carbocycles. The summed E-state index contributed by atoms with van der Waals surface area (Å²) in [7, 11) is 0. The quantitative estimate of drug-likeness (QED) is 0.501. The zero-order valence-corrected chi connectivity index (χ0v) is 17.7. The summed E-state index contributed by atoms with van der Waals surface area (Å²) >= 11 is 6.02. The van der Waals surface area contributed by atoms with Gasteiger partial charge < -0.3 is 25.2 Å². The first-order chi connectivity index (χ1) is 15.0. The van der Waals surface area contributed by atoms with E-state index in [9.17, 15) is 15.0 Å². The van der Waals surface area contributed by atoms with Crippen LogP contribution in [0.2, 0.25) is 5.02 Å². The molecule has 2 atom stereocenters. The largest absolute Gasteiger partial charge is 0.506 e. The van der Waals surface area contributed by atoms with Crippen LogP contribution in [0.3, 0.4) is 0 Å². The van der Waals surface area contributed by atoms with E-state index in [4.69, 9.17) is 16.3 Å². The summed E-state index contributed by atoms with van der Waals surface area (Å²) in [6.07, 6.45) is 2.85. The molecule has 3 N–H and O–H groups in total. The highest BCUT2D eigenvalue weighted by Crippen LogP contribution is 2.35. The number of amides is 1. The van der Waals surface area contributed by atoms with Crippen LogP contribution in [0.15, 0.2) is 42.7 Å². The minimum Gasteiger partial charge on any atom is -0.506 e. The number of rotatable bonds is 6. The lowest BCUT2D eigenvalue weighted by Crippen LogP contribution is -2.45. The third-order valence-corrected chi connectivity index (χ3v) is 5.75. The number of aliphatic hydroxyl groups is 1. The first-order valence-corrected chi connectivity index (χ1v) is 10.4. The van der Waals surface area contributed by atoms with E-state index >= 15 is 0 Å². The zero-order chi connectivity index (χ0) is 22.0. The molecule has 162 valence electrons. The number of halogens is 1. The van der Waals surface area contributed by atoms with Crippen LogP contribution in [0.4, 0.5) is 11.5 Å². The Hall–Kier alpha value is -3.10. The average molecular weight is 443 g/mol. The summed E-state index contributed by atoms with van der Waals surface area (Å²) in [5, 5.41) is 23.0. The Morgan fingerprint density at radius 2 is 2.19 bits per heavy atom. The Kier molecular flexibility index (Phi) is 6.11. The number of fused-ring (bicyclic) bond motifs is 1. The number of carbonyl (C=O) groups excluding carboxylic acids is 1. The highest BCUT2D eigenvalue weighted by Gasteiger charge is 2.33. The molecular formula is C22H23ClN4O4. The van der Waals surface area contributed by atoms with Gasteiger partial charge in [-0.25, -0.2) is 9.97 Å². The number of hydrogen-bond donors (Lipinski definition) is 3. The van der Waals surface area contributed by atoms with Crippen LogP contribution in [-0.2, 0) is 4.79 Å². The molecule has 0 radical (unpaired) electrons. The molecule has 3 aromatic rings. The maximum absolute atomic E-state index is 12.1. The van der Waals surface area contributed by atoms with Crippen molar-refractivity contribution < 1.29 is 19.7 Å². The van der Waals surface area contributed by atoms with Crippen LogP contribution in [0, 0.1) is 0 Å². The van der Waals surface area contributed by atoms with Crippen LogP contribution >= 0.6 is 11.6 Å². The molecule has 0 saturated carbocycles. The minimum absolute atomic E-state index is 0.00356. The van der Waals surface area contributed by atoms with Gasteiger partial charge in [-0.3, -0.25) is 4.79 Å². The van der Waals surface area contributed by atoms with Crippen LogP contribution in [0.5, 0.6) is 11.5 Å². The molecule has 4 rings (SSSR count). The molecule has 2 heterocycles. The zero-order valence-electron chi connectivity index (χ0n) is 17.0. The number of aromatic nitrogens is 2. The Morgan fingerprint density at radius 3 is 2.97 bits per heavy atom. The Labute approximate surface area is 184 Å². The van der Waals surface area contributed by atoms with Crippen molar-refractivity contribution in [2.45, 2.75) is 31.9 Å². The second-order valence-electron chi connectivity index (χ2n) is 7.44. The molecule has 9 heteroatoms. The van der Waals surface area contributed by atoms with E-state index in [1.54, 1.807) is 17.0 Å². The number of nitrogens with one attached hydrogen (secondary N) is 1. The summed E-state index contributed by atoms with van der Waals surface area (Å²) < 4.78 is 6.30. The summed E-state index contributed by atoms with van der Waals surface area (Å²) in [4.78, 5) is 22.5. The van der Waals surface area contributed by atoms with Crippen LogP contribution < -0.4 is 10.1 Å². The van der Waals surface area contributed by atoms with Crippen LogP contribution in [0.25, 0.3) is 10.9 Å². The van der Waals surface area contributed by atoms with Gasteiger partial charge in [0.05, 0.1) is 22.0 Å². The lowest BCUT2D eigenvalue weighted by molar-refractivity contribution is -0.136. The van der Waals surface area contributed by atoms with Gasteiger partial charge in [0.1, 0.15) is 36.4 Å². The van der Waals surface area contributed by atoms with Crippen molar-refractivity contribution in [1.82, 2.24) is 14.9 Å². The smallest absolute Gasteiger partial charge is 0.248 e. The van der Waals surface area contributed by atoms with Gasteiger partial charge in [0, 0.05) is 12.2 Å². The standard InChI is InChI=1S/C22H23ClN4O4/c1-13(17-5-3-9-27(17)20(30)11-28)31-19-6-2-4-16-21(19)22(25-12-24-16)26-14-7-8-18(29)15(23)10-14/h2,4,6-8,10,12-13,17,28-29H,3,5,9,11H2,1H3,(H,24,25,26)/t13-,17-/m1/s1. The number of phenols is 1. The predicted octanol–water partition coefficient (Wildman–Crippen LogP) is 3.48. The number of aliphatic hydroxyl groups excluding tert-OH is 1. The summed E-state index contributed by atoms with van der Waals surface area (Å²) in [5.41, 5.74) is 1.35. The fourth-order valence-corrected chi connectivity index (χ4v) is 4.13. The number of hydrogen-bond acceptors (Lipinski definition) is 7. The van der Waals surface area contributed by atoms with Crippen molar-refractivity contribution in [3.05, 3.63) is 47.7 Å². The fraction of sp³-hybridized carbons (Fsp3) is 0.318. The van der Waals surface area contributed by atoms with Crippen LogP contribution in [-0.4, -0.2) is 56.3 Å². The molecule has 1 aliphatic rings. The number of aromatic hydroxyl groups is 1. The van der Waals surface area contributed by atoms with Gasteiger partial charge in [-0.2, -0.15) is 0 Å². The average Bonchev–Trinajstić information content (AvgIpc) is 3.26. The fourth-order valence-electron chi connectivity index (χ4n) is 3.95. The predicted molar refractivity (Wildman–Crippen MR) is 118 cm³/mol. The number of carbonyl (C=O) groups is 1. The molecule has 2 aromatic carbocycles. The van der Waals surface area contributed by atoms with E-state index in [-0.39, 0.29) is 28.8 Å². The summed E-state index contributed by atoms with van der Waals surface area (Å²) in [6, 6.07) is 10.2. The van der Waals surface area contributed by atoms with Gasteiger partial charge in [-0.1, -0.05) is 17.7 Å². The van der Waals surface area contributed by atoms with E-state index in [1.165, 1.54) is 12.4 Å². The Bertz CT molecular complexity index is 1100. The SMILES string of the molecule is C[C@@H](Oc1cccc2ncnc(Nc3ccc(O)c(Cl)c3)c12)[C@H]1CCCN1C(=O)CO. The normalized spacial score (nSPS) is 17.0. The highest BCUT2D eigenvalue weighted by atomic mass is 35.5. The van der Waals surface area contributed by atoms with Crippen molar-refractivity contribution in [2.24, 2.45) is 0 Å². The van der Waals surface area contributed by atoms with Gasteiger partial charge in [0.25, 0.3) is 0 Å². The third-order valence-electron chi connectivity index (χ3n) is 5.44. The number of likely N-dealkylation sites (tertiary alicyclic amines) is 1. The second kappa shape index (κ2) is 8.95. The molecule has 1 aliphatic heterocycles. The van der Waals surface area contributed by atoms with Crippen molar-refractivity contribution in [3.8, 4) is 11.5 Å². The second-order valence-corrected chi connectivity index (χ2v) is 7.85. The Morgan fingerprint density at radius 1 is 1.35 bits per heavy atom. The molecule has 31 heavy (non-hydrogen) atoms. The van der Waals surface area contributed by atoms with Crippen molar-refractivity contribution in [3.63, 3.8) is 0 Å². The van der Waals surface area contributed by atoms with Gasteiger partial charge in [0.2, 0.25) is 5.91 Å². The maximum Gasteiger partial charge on any atom is 0.248 e. The third kappa shape index (κ3) is 4.35. The maximum atomic E-state index is 12.1. The molecular weight excluding hydrogens is 420 g/mol. The minimum atomic E-state index is -0.505. The molecule has 1 saturated heterocycles. The van der Waals surface area contributed by atoms with Gasteiger partial charge in [0.15, 0.2) is 0 Å². The first-order valence-electron chi connectivity index (χ1n) is 10.0. The molecule has 1 amide bonds. The molecule has 0 bridgehead atoms. The first kappa shape index (κ1) is 21.1. The van der Waals surface area contributed by atoms with Crippen LogP contribution in [0.1, 0.15) is 19.8 Å². The summed E-state index contributed by atoms with van der Waals surface area (Å²) in [6.45, 7) is 2.03. The van der Waals surface area contributed by atoms with E-state index in [2.05, 4.69) is 15.3 Å². The molecule has 0 unspecified atom stereocenters. The van der Waals surface area contributed by atoms with Gasteiger partial charge in [-0.15, -0.1) is 0 Å². The van der Waals surface area contributed by atoms with E-state index in [1.807, 2.05) is 25.1 Å². The number of benzene rings is 2. The van der Waals surface area contributed by atoms with Gasteiger partial charge in [-0.05, 0) is 50.1 Å². The number of phenolic OH excluding ortho intramolecular Hbond substituents is 1. The van der Waals surface area contributed by atoms with E-state index < -0.39 is 6.61 Å². The van der Waals surface area contributed by atoms with Crippen molar-refractivity contribution in [2.75, 3.05) is 18.5 Å². The molecule has 8 nitrogen and oxygen atoms in total.